The highest BCUT2D eigenvalue weighted by molar-refractivity contribution is 5.32. The van der Waals surface area contributed by atoms with E-state index in [4.69, 9.17) is 0 Å². The highest BCUT2D eigenvalue weighted by atomic mass is 16.3. The van der Waals surface area contributed by atoms with Gasteiger partial charge in [-0.1, -0.05) is 0 Å². The molecule has 1 aromatic rings. The number of rotatable bonds is 2. The summed E-state index contributed by atoms with van der Waals surface area (Å²) in [7, 11) is 0. The normalized spacial score (nSPS) is 27.5. The van der Waals surface area contributed by atoms with E-state index in [0.29, 0.717) is 0 Å². The van der Waals surface area contributed by atoms with Gasteiger partial charge in [0.25, 0.3) is 0 Å². The molecule has 2 N–H and O–H groups in total. The van der Waals surface area contributed by atoms with Crippen molar-refractivity contribution >= 4 is 5.82 Å². The maximum Gasteiger partial charge on any atom is 0.144 e. The monoisotopic (exact) mass is 179 g/mol. The van der Waals surface area contributed by atoms with Gasteiger partial charge in [0, 0.05) is 12.4 Å². The Labute approximate surface area is 77.0 Å². The minimum absolute atomic E-state index is 0.150. The van der Waals surface area contributed by atoms with Gasteiger partial charge in [-0.15, -0.1) is 0 Å². The Bertz CT molecular complexity index is 265. The smallest absolute Gasteiger partial charge is 0.144 e. The summed E-state index contributed by atoms with van der Waals surface area (Å²) in [5, 5.41) is 12.7. The Morgan fingerprint density at radius 3 is 2.92 bits per heavy atom. The fraction of sp³-hybridized carbons (Fsp3) is 0.556. The first kappa shape index (κ1) is 8.44. The lowest BCUT2D eigenvalue weighted by molar-refractivity contribution is 0.171. The number of aliphatic hydroxyl groups excluding tert-OH is 1. The van der Waals surface area contributed by atoms with E-state index in [9.17, 15) is 5.11 Å². The lowest BCUT2D eigenvalue weighted by atomic mass is 10.2. The van der Waals surface area contributed by atoms with Crippen molar-refractivity contribution in [2.24, 2.45) is 0 Å². The van der Waals surface area contributed by atoms with Crippen molar-refractivity contribution < 1.29 is 5.11 Å². The Kier molecular flexibility index (Phi) is 2.40. The maximum atomic E-state index is 9.54. The molecule has 1 heterocycles. The van der Waals surface area contributed by atoms with Crippen LogP contribution in [0.3, 0.4) is 0 Å². The van der Waals surface area contributed by atoms with Crippen LogP contribution in [-0.2, 0) is 0 Å². The van der Waals surface area contributed by atoms with Crippen LogP contribution in [0, 0.1) is 0 Å². The molecule has 1 saturated carbocycles. The Morgan fingerprint density at radius 1 is 1.38 bits per heavy atom. The molecule has 4 heteroatoms. The van der Waals surface area contributed by atoms with Crippen molar-refractivity contribution in [2.75, 3.05) is 5.32 Å². The van der Waals surface area contributed by atoms with Crippen LogP contribution < -0.4 is 5.32 Å². The zero-order chi connectivity index (χ0) is 9.10. The average Bonchev–Trinajstić information content (AvgIpc) is 2.54. The molecule has 0 amide bonds. The number of aromatic nitrogens is 2. The van der Waals surface area contributed by atoms with Crippen LogP contribution in [-0.4, -0.2) is 27.2 Å². The van der Waals surface area contributed by atoms with E-state index in [1.807, 2.05) is 0 Å². The Hall–Kier alpha value is -1.16. The van der Waals surface area contributed by atoms with Gasteiger partial charge in [0.05, 0.1) is 18.3 Å². The highest BCUT2D eigenvalue weighted by Crippen LogP contribution is 2.21. The zero-order valence-corrected chi connectivity index (χ0v) is 7.35. The molecule has 2 atom stereocenters. The third-order valence-electron chi connectivity index (χ3n) is 2.38. The van der Waals surface area contributed by atoms with Gasteiger partial charge < -0.3 is 10.4 Å². The van der Waals surface area contributed by atoms with Gasteiger partial charge >= 0.3 is 0 Å². The first-order chi connectivity index (χ1) is 6.36. The van der Waals surface area contributed by atoms with E-state index in [-0.39, 0.29) is 12.1 Å². The molecule has 0 aromatic carbocycles. The molecule has 0 spiro atoms. The highest BCUT2D eigenvalue weighted by Gasteiger charge is 2.24. The molecule has 0 radical (unpaired) electrons. The minimum Gasteiger partial charge on any atom is -0.391 e. The zero-order valence-electron chi connectivity index (χ0n) is 7.35. The van der Waals surface area contributed by atoms with Crippen LogP contribution >= 0.6 is 0 Å². The summed E-state index contributed by atoms with van der Waals surface area (Å²) < 4.78 is 0. The van der Waals surface area contributed by atoms with Gasteiger partial charge in [-0.2, -0.15) is 0 Å². The molecule has 13 heavy (non-hydrogen) atoms. The first-order valence-electron chi connectivity index (χ1n) is 4.57. The summed E-state index contributed by atoms with van der Waals surface area (Å²) in [5.41, 5.74) is 0. The molecule has 1 aliphatic carbocycles. The van der Waals surface area contributed by atoms with Crippen LogP contribution in [0.4, 0.5) is 5.82 Å². The molecule has 2 unspecified atom stereocenters. The van der Waals surface area contributed by atoms with Gasteiger partial charge in [0.1, 0.15) is 5.82 Å². The number of hydrogen-bond donors (Lipinski definition) is 2. The number of nitrogens with zero attached hydrogens (tertiary/aromatic N) is 2. The lowest BCUT2D eigenvalue weighted by Gasteiger charge is -2.16. The second-order valence-electron chi connectivity index (χ2n) is 3.34. The van der Waals surface area contributed by atoms with Crippen molar-refractivity contribution in [3.05, 3.63) is 18.6 Å². The third-order valence-corrected chi connectivity index (χ3v) is 2.38. The number of hydrogen-bond acceptors (Lipinski definition) is 4. The Balaban J connectivity index is 1.98. The molecule has 1 aliphatic rings. The van der Waals surface area contributed by atoms with E-state index in [1.54, 1.807) is 18.6 Å². The molecule has 70 valence electrons. The van der Waals surface area contributed by atoms with Crippen molar-refractivity contribution in [3.63, 3.8) is 0 Å². The van der Waals surface area contributed by atoms with Crippen LogP contribution in [0.1, 0.15) is 19.3 Å². The van der Waals surface area contributed by atoms with Gasteiger partial charge in [-0.25, -0.2) is 4.98 Å². The van der Waals surface area contributed by atoms with E-state index in [0.717, 1.165) is 25.1 Å². The van der Waals surface area contributed by atoms with Crippen molar-refractivity contribution in [1.82, 2.24) is 9.97 Å². The second-order valence-corrected chi connectivity index (χ2v) is 3.34. The van der Waals surface area contributed by atoms with E-state index < -0.39 is 0 Å². The molecule has 1 aromatic heterocycles. The molecular formula is C9H13N3O. The first-order valence-corrected chi connectivity index (χ1v) is 4.57. The second kappa shape index (κ2) is 3.70. The standard InChI is InChI=1S/C9H13N3O/c13-8-3-1-2-7(8)12-9-6-10-4-5-11-9/h4-8,13H,1-3H2,(H,11,12). The van der Waals surface area contributed by atoms with Crippen LogP contribution in [0.15, 0.2) is 18.6 Å². The van der Waals surface area contributed by atoms with E-state index in [1.165, 1.54) is 0 Å². The van der Waals surface area contributed by atoms with Crippen molar-refractivity contribution in [1.29, 1.82) is 0 Å². The van der Waals surface area contributed by atoms with Crippen LogP contribution in [0.2, 0.25) is 0 Å². The van der Waals surface area contributed by atoms with Crippen LogP contribution in [0.5, 0.6) is 0 Å². The SMILES string of the molecule is OC1CCCC1Nc1cnccn1. The fourth-order valence-corrected chi connectivity index (χ4v) is 1.67. The predicted octanol–water partition coefficient (Wildman–Crippen LogP) is 0.802. The summed E-state index contributed by atoms with van der Waals surface area (Å²) >= 11 is 0. The van der Waals surface area contributed by atoms with Crippen molar-refractivity contribution in [2.45, 2.75) is 31.4 Å². The third kappa shape index (κ3) is 1.95. The van der Waals surface area contributed by atoms with Gasteiger partial charge in [0.15, 0.2) is 0 Å². The summed E-state index contributed by atoms with van der Waals surface area (Å²) in [5.74, 6) is 0.744. The van der Waals surface area contributed by atoms with Gasteiger partial charge in [-0.05, 0) is 19.3 Å². The maximum absolute atomic E-state index is 9.54. The number of nitrogens with one attached hydrogen (secondary N) is 1. The topological polar surface area (TPSA) is 58.0 Å². The largest absolute Gasteiger partial charge is 0.391 e. The summed E-state index contributed by atoms with van der Waals surface area (Å²) in [6, 6.07) is 0.150. The van der Waals surface area contributed by atoms with Gasteiger partial charge in [0.2, 0.25) is 0 Å². The fourth-order valence-electron chi connectivity index (χ4n) is 1.67. The average molecular weight is 179 g/mol. The lowest BCUT2D eigenvalue weighted by Crippen LogP contribution is -2.28. The summed E-state index contributed by atoms with van der Waals surface area (Å²) in [4.78, 5) is 8.04. The molecule has 2 rings (SSSR count). The molecule has 0 saturated heterocycles. The molecule has 0 bridgehead atoms. The Morgan fingerprint density at radius 2 is 2.31 bits per heavy atom. The number of anilines is 1. The van der Waals surface area contributed by atoms with E-state index in [2.05, 4.69) is 15.3 Å². The molecule has 1 fully saturated rings. The predicted molar refractivity (Wildman–Crippen MR) is 49.3 cm³/mol. The van der Waals surface area contributed by atoms with E-state index >= 15 is 0 Å². The summed E-state index contributed by atoms with van der Waals surface area (Å²) in [6.07, 6.45) is 7.70. The summed E-state index contributed by atoms with van der Waals surface area (Å²) in [6.45, 7) is 0. The van der Waals surface area contributed by atoms with Crippen LogP contribution in [0.25, 0.3) is 0 Å². The van der Waals surface area contributed by atoms with Gasteiger partial charge in [-0.3, -0.25) is 4.98 Å². The minimum atomic E-state index is -0.234. The number of aliphatic hydroxyl groups is 1. The molecule has 4 nitrogen and oxygen atoms in total. The van der Waals surface area contributed by atoms with Crippen molar-refractivity contribution in [3.8, 4) is 0 Å². The molecular weight excluding hydrogens is 166 g/mol. The quantitative estimate of drug-likeness (QED) is 0.705. The molecule has 0 aliphatic heterocycles.